The van der Waals surface area contributed by atoms with Crippen LogP contribution in [0, 0.1) is 0 Å². The molecule has 0 saturated heterocycles. The Morgan fingerprint density at radius 1 is 0.962 bits per heavy atom. The van der Waals surface area contributed by atoms with E-state index >= 15 is 0 Å². The van der Waals surface area contributed by atoms with Crippen LogP contribution in [-0.4, -0.2) is 32.2 Å². The fraction of sp³-hybridized carbons (Fsp3) is 0.300. The Labute approximate surface area is 153 Å². The van der Waals surface area contributed by atoms with Gasteiger partial charge in [0.25, 0.3) is 5.91 Å². The molecule has 1 amide bonds. The Hall–Kier alpha value is -2.86. The van der Waals surface area contributed by atoms with Gasteiger partial charge in [0, 0.05) is 23.4 Å². The lowest BCUT2D eigenvalue weighted by molar-refractivity contribution is 0.0600. The van der Waals surface area contributed by atoms with Crippen molar-refractivity contribution >= 4 is 17.6 Å². The van der Waals surface area contributed by atoms with Crippen molar-refractivity contribution in [1.29, 1.82) is 0 Å². The van der Waals surface area contributed by atoms with Crippen LogP contribution in [-0.2, 0) is 16.1 Å². The Morgan fingerprint density at radius 2 is 1.65 bits per heavy atom. The van der Waals surface area contributed by atoms with Gasteiger partial charge < -0.3 is 19.5 Å². The quantitative estimate of drug-likeness (QED) is 0.730. The van der Waals surface area contributed by atoms with Crippen molar-refractivity contribution in [2.45, 2.75) is 20.5 Å². The van der Waals surface area contributed by atoms with E-state index in [1.165, 1.54) is 7.11 Å². The number of rotatable bonds is 8. The summed E-state index contributed by atoms with van der Waals surface area (Å²) in [6, 6.07) is 11.7. The highest BCUT2D eigenvalue weighted by molar-refractivity contribution is 6.04. The molecule has 2 rings (SSSR count). The molecule has 0 atom stereocenters. The van der Waals surface area contributed by atoms with Gasteiger partial charge in [-0.1, -0.05) is 0 Å². The number of nitrogens with one attached hydrogen (secondary N) is 1. The highest BCUT2D eigenvalue weighted by Crippen LogP contribution is 2.22. The number of benzene rings is 2. The van der Waals surface area contributed by atoms with Crippen molar-refractivity contribution < 1.29 is 23.8 Å². The fourth-order valence-electron chi connectivity index (χ4n) is 2.35. The molecule has 0 bridgehead atoms. The maximum absolute atomic E-state index is 12.5. The lowest BCUT2D eigenvalue weighted by Gasteiger charge is -2.12. The van der Waals surface area contributed by atoms with E-state index in [2.05, 4.69) is 10.1 Å². The lowest BCUT2D eigenvalue weighted by atomic mass is 10.1. The van der Waals surface area contributed by atoms with E-state index in [1.54, 1.807) is 42.5 Å². The molecule has 0 fully saturated rings. The summed E-state index contributed by atoms with van der Waals surface area (Å²) in [5, 5.41) is 2.80. The summed E-state index contributed by atoms with van der Waals surface area (Å²) in [7, 11) is 1.32. The van der Waals surface area contributed by atoms with Gasteiger partial charge in [0.1, 0.15) is 5.75 Å². The van der Waals surface area contributed by atoms with E-state index in [0.29, 0.717) is 42.4 Å². The molecule has 1 N–H and O–H groups in total. The zero-order chi connectivity index (χ0) is 18.9. The van der Waals surface area contributed by atoms with Crippen molar-refractivity contribution in [3.05, 3.63) is 59.2 Å². The fourth-order valence-corrected chi connectivity index (χ4v) is 2.35. The van der Waals surface area contributed by atoms with Gasteiger partial charge in [-0.3, -0.25) is 4.79 Å². The van der Waals surface area contributed by atoms with Crippen LogP contribution in [0.4, 0.5) is 5.69 Å². The summed E-state index contributed by atoms with van der Waals surface area (Å²) < 4.78 is 15.7. The van der Waals surface area contributed by atoms with Gasteiger partial charge >= 0.3 is 5.97 Å². The first-order chi connectivity index (χ1) is 12.6. The minimum atomic E-state index is -0.421. The summed E-state index contributed by atoms with van der Waals surface area (Å²) in [6.45, 7) is 5.31. The average Bonchev–Trinajstić information content (AvgIpc) is 2.67. The van der Waals surface area contributed by atoms with Crippen LogP contribution < -0.4 is 10.1 Å². The Morgan fingerprint density at radius 3 is 2.27 bits per heavy atom. The van der Waals surface area contributed by atoms with Crippen LogP contribution in [0.25, 0.3) is 0 Å². The van der Waals surface area contributed by atoms with Crippen LogP contribution in [0.2, 0.25) is 0 Å². The van der Waals surface area contributed by atoms with Gasteiger partial charge in [-0.15, -0.1) is 0 Å². The number of hydrogen-bond acceptors (Lipinski definition) is 5. The first-order valence-corrected chi connectivity index (χ1v) is 8.42. The summed E-state index contributed by atoms with van der Waals surface area (Å²) >= 11 is 0. The van der Waals surface area contributed by atoms with Gasteiger partial charge in [-0.25, -0.2) is 4.79 Å². The van der Waals surface area contributed by atoms with Gasteiger partial charge in [0.15, 0.2) is 0 Å². The van der Waals surface area contributed by atoms with Crippen LogP contribution in [0.5, 0.6) is 5.75 Å². The molecular formula is C20H23NO5. The van der Waals surface area contributed by atoms with Gasteiger partial charge in [-0.2, -0.15) is 0 Å². The van der Waals surface area contributed by atoms with Crippen molar-refractivity contribution in [2.75, 3.05) is 25.6 Å². The molecule has 26 heavy (non-hydrogen) atoms. The maximum Gasteiger partial charge on any atom is 0.337 e. The number of anilines is 1. The predicted molar refractivity (Wildman–Crippen MR) is 98.7 cm³/mol. The van der Waals surface area contributed by atoms with E-state index in [-0.39, 0.29) is 5.91 Å². The summed E-state index contributed by atoms with van der Waals surface area (Å²) in [6.07, 6.45) is 0. The Bertz CT molecular complexity index is 755. The number of amides is 1. The average molecular weight is 357 g/mol. The van der Waals surface area contributed by atoms with Crippen LogP contribution in [0.1, 0.15) is 40.1 Å². The third kappa shape index (κ3) is 5.07. The molecule has 0 unspecified atom stereocenters. The van der Waals surface area contributed by atoms with Gasteiger partial charge in [-0.05, 0) is 56.3 Å². The number of carbonyl (C=O) groups excluding carboxylic acids is 2. The van der Waals surface area contributed by atoms with E-state index in [9.17, 15) is 9.59 Å². The third-order valence-corrected chi connectivity index (χ3v) is 3.65. The monoisotopic (exact) mass is 357 g/mol. The first-order valence-electron chi connectivity index (χ1n) is 8.42. The van der Waals surface area contributed by atoms with Gasteiger partial charge in [0.2, 0.25) is 0 Å². The molecule has 138 valence electrons. The molecule has 6 heteroatoms. The zero-order valence-electron chi connectivity index (χ0n) is 15.2. The summed E-state index contributed by atoms with van der Waals surface area (Å²) in [4.78, 5) is 23.9. The molecular weight excluding hydrogens is 334 g/mol. The highest BCUT2D eigenvalue weighted by Gasteiger charge is 2.12. The topological polar surface area (TPSA) is 73.9 Å². The van der Waals surface area contributed by atoms with Crippen LogP contribution in [0.3, 0.4) is 0 Å². The summed E-state index contributed by atoms with van der Waals surface area (Å²) in [5.41, 5.74) is 2.33. The molecule has 0 radical (unpaired) electrons. The van der Waals surface area contributed by atoms with E-state index in [1.807, 2.05) is 13.8 Å². The molecule has 0 aliphatic heterocycles. The highest BCUT2D eigenvalue weighted by atomic mass is 16.5. The molecule has 0 saturated carbocycles. The SMILES string of the molecule is CCOCc1cc(C(=O)Nc2ccc(C(=O)OC)cc2)ccc1OCC. The molecule has 0 spiro atoms. The molecule has 2 aromatic rings. The van der Waals surface area contributed by atoms with E-state index < -0.39 is 5.97 Å². The molecule has 0 aromatic heterocycles. The number of hydrogen-bond donors (Lipinski definition) is 1. The van der Waals surface area contributed by atoms with Crippen molar-refractivity contribution in [1.82, 2.24) is 0 Å². The van der Waals surface area contributed by atoms with Crippen LogP contribution >= 0.6 is 0 Å². The van der Waals surface area contributed by atoms with Crippen molar-refractivity contribution in [2.24, 2.45) is 0 Å². The zero-order valence-corrected chi connectivity index (χ0v) is 15.2. The van der Waals surface area contributed by atoms with Gasteiger partial charge in [0.05, 0.1) is 25.9 Å². The number of carbonyl (C=O) groups is 2. The minimum absolute atomic E-state index is 0.253. The predicted octanol–water partition coefficient (Wildman–Crippen LogP) is 3.66. The van der Waals surface area contributed by atoms with E-state index in [0.717, 1.165) is 5.56 Å². The smallest absolute Gasteiger partial charge is 0.337 e. The number of methoxy groups -OCH3 is 1. The molecule has 6 nitrogen and oxygen atoms in total. The van der Waals surface area contributed by atoms with Crippen molar-refractivity contribution in [3.8, 4) is 5.75 Å². The number of ether oxygens (including phenoxy) is 3. The largest absolute Gasteiger partial charge is 0.494 e. The molecule has 2 aromatic carbocycles. The Kier molecular flexibility index (Phi) is 7.17. The third-order valence-electron chi connectivity index (χ3n) is 3.65. The standard InChI is InChI=1S/C20H23NO5/c1-4-25-13-16-12-15(8-11-18(16)26-5-2)19(22)21-17-9-6-14(7-10-17)20(23)24-3/h6-12H,4-5,13H2,1-3H3,(H,21,22). The molecule has 0 aliphatic carbocycles. The maximum atomic E-state index is 12.5. The first kappa shape index (κ1) is 19.5. The second-order valence-corrected chi connectivity index (χ2v) is 5.42. The van der Waals surface area contributed by atoms with E-state index in [4.69, 9.17) is 9.47 Å². The molecule has 0 aliphatic rings. The second-order valence-electron chi connectivity index (χ2n) is 5.42. The Balaban J connectivity index is 2.14. The van der Waals surface area contributed by atoms with Crippen molar-refractivity contribution in [3.63, 3.8) is 0 Å². The number of esters is 1. The minimum Gasteiger partial charge on any atom is -0.494 e. The second kappa shape index (κ2) is 9.58. The van der Waals surface area contributed by atoms with Crippen LogP contribution in [0.15, 0.2) is 42.5 Å². The normalized spacial score (nSPS) is 10.3. The summed E-state index contributed by atoms with van der Waals surface area (Å²) in [5.74, 6) is 0.0338. The lowest BCUT2D eigenvalue weighted by Crippen LogP contribution is -2.13. The molecule has 0 heterocycles.